The van der Waals surface area contributed by atoms with Gasteiger partial charge in [-0.15, -0.1) is 0 Å². The third-order valence-corrected chi connectivity index (χ3v) is 1.90. The fourth-order valence-corrected chi connectivity index (χ4v) is 0.495. The minimum absolute atomic E-state index is 0.374. The van der Waals surface area contributed by atoms with Crippen molar-refractivity contribution in [3.05, 3.63) is 0 Å². The lowest BCUT2D eigenvalue weighted by Gasteiger charge is -2.28. The molecule has 2 nitrogen and oxygen atoms in total. The average Bonchev–Trinajstić information content (AvgIpc) is 2.04. The van der Waals surface area contributed by atoms with Crippen LogP contribution in [0.1, 0.15) is 41.5 Å². The molecular formula is C10H20F3NO. The Morgan fingerprint density at radius 3 is 1.67 bits per heavy atom. The molecule has 1 N–H and O–H groups in total. The van der Waals surface area contributed by atoms with Gasteiger partial charge in [0.2, 0.25) is 0 Å². The van der Waals surface area contributed by atoms with Gasteiger partial charge in [0.25, 0.3) is 0 Å². The molecule has 15 heavy (non-hydrogen) atoms. The van der Waals surface area contributed by atoms with Crippen LogP contribution in [0.25, 0.3) is 0 Å². The third kappa shape index (κ3) is 7.22. The van der Waals surface area contributed by atoms with Crippen LogP contribution in [0.15, 0.2) is 0 Å². The van der Waals surface area contributed by atoms with Gasteiger partial charge in [-0.1, -0.05) is 34.6 Å². The molecule has 1 unspecified atom stereocenters. The minimum Gasteiger partial charge on any atom is -0.345 e. The highest BCUT2D eigenvalue weighted by molar-refractivity contribution is 5.81. The van der Waals surface area contributed by atoms with E-state index < -0.39 is 18.1 Å². The van der Waals surface area contributed by atoms with E-state index in [1.807, 2.05) is 19.2 Å². The summed E-state index contributed by atoms with van der Waals surface area (Å²) in [7, 11) is 0. The van der Waals surface area contributed by atoms with Gasteiger partial charge < -0.3 is 5.32 Å². The van der Waals surface area contributed by atoms with E-state index in [1.54, 1.807) is 27.7 Å². The normalized spacial score (nSPS) is 13.7. The molecule has 0 aliphatic heterocycles. The van der Waals surface area contributed by atoms with Gasteiger partial charge >= 0.3 is 12.1 Å². The predicted molar refractivity (Wildman–Crippen MR) is 54.5 cm³/mol. The maximum absolute atomic E-state index is 11.8. The zero-order valence-electron chi connectivity index (χ0n) is 10.1. The number of amides is 1. The third-order valence-electron chi connectivity index (χ3n) is 1.90. The Bertz CT molecular complexity index is 194. The lowest BCUT2D eigenvalue weighted by atomic mass is 9.88. The molecule has 0 heterocycles. The molecule has 0 saturated heterocycles. The van der Waals surface area contributed by atoms with Gasteiger partial charge in [0, 0.05) is 6.04 Å². The van der Waals surface area contributed by atoms with Crippen molar-refractivity contribution in [2.75, 3.05) is 0 Å². The second kappa shape index (κ2) is 5.98. The summed E-state index contributed by atoms with van der Waals surface area (Å²) < 4.78 is 35.4. The smallest absolute Gasteiger partial charge is 0.345 e. The van der Waals surface area contributed by atoms with E-state index in [0.717, 1.165) is 0 Å². The summed E-state index contributed by atoms with van der Waals surface area (Å²) in [6, 6.07) is -0.512. The zero-order chi connectivity index (χ0) is 12.9. The molecule has 0 aliphatic carbocycles. The average molecular weight is 227 g/mol. The summed E-state index contributed by atoms with van der Waals surface area (Å²) in [5, 5.41) is 1.90. The van der Waals surface area contributed by atoms with E-state index in [-0.39, 0.29) is 5.41 Å². The first-order valence-electron chi connectivity index (χ1n) is 4.93. The van der Waals surface area contributed by atoms with Crippen molar-refractivity contribution in [2.45, 2.75) is 53.8 Å². The highest BCUT2D eigenvalue weighted by Gasteiger charge is 2.40. The molecule has 0 aromatic rings. The fraction of sp³-hybridized carbons (Fsp3) is 0.900. The standard InChI is InChI=1S/C8H14F3NO.C2H6/c1-5(7(2,3)4)12-6(13)8(9,10)11;1-2/h5H,1-4H3,(H,12,13);1-2H3. The monoisotopic (exact) mass is 227 g/mol. The molecule has 0 spiro atoms. The Hall–Kier alpha value is -0.740. The number of rotatable bonds is 1. The molecule has 0 radical (unpaired) electrons. The van der Waals surface area contributed by atoms with E-state index in [1.165, 1.54) is 0 Å². The predicted octanol–water partition coefficient (Wildman–Crippen LogP) is 3.13. The second-order valence-corrected chi connectivity index (χ2v) is 4.06. The SMILES string of the molecule is CC.CC(NC(=O)C(F)(F)F)C(C)(C)C. The van der Waals surface area contributed by atoms with Gasteiger partial charge in [-0.3, -0.25) is 4.79 Å². The summed E-state index contributed by atoms with van der Waals surface area (Å²) in [6.07, 6.45) is -4.79. The molecule has 0 aromatic carbocycles. The molecule has 92 valence electrons. The van der Waals surface area contributed by atoms with Crippen LogP contribution >= 0.6 is 0 Å². The lowest BCUT2D eigenvalue weighted by molar-refractivity contribution is -0.174. The summed E-state index contributed by atoms with van der Waals surface area (Å²) >= 11 is 0. The summed E-state index contributed by atoms with van der Waals surface area (Å²) in [5.74, 6) is -1.88. The summed E-state index contributed by atoms with van der Waals surface area (Å²) in [5.41, 5.74) is -0.374. The maximum atomic E-state index is 11.8. The molecule has 0 bridgehead atoms. The van der Waals surface area contributed by atoms with Crippen molar-refractivity contribution in [3.8, 4) is 0 Å². The van der Waals surface area contributed by atoms with Gasteiger partial charge in [-0.05, 0) is 12.3 Å². The summed E-state index contributed by atoms with van der Waals surface area (Å²) in [4.78, 5) is 10.5. The van der Waals surface area contributed by atoms with Crippen LogP contribution in [0.2, 0.25) is 0 Å². The number of halogens is 3. The van der Waals surface area contributed by atoms with E-state index in [9.17, 15) is 18.0 Å². The van der Waals surface area contributed by atoms with Gasteiger partial charge in [0.05, 0.1) is 0 Å². The van der Waals surface area contributed by atoms with Crippen LogP contribution in [0.4, 0.5) is 13.2 Å². The molecule has 0 aliphatic rings. The molecule has 1 atom stereocenters. The molecule has 0 rings (SSSR count). The van der Waals surface area contributed by atoms with E-state index in [4.69, 9.17) is 0 Å². The van der Waals surface area contributed by atoms with Gasteiger partial charge in [-0.25, -0.2) is 0 Å². The Morgan fingerprint density at radius 2 is 1.47 bits per heavy atom. The number of hydrogen-bond donors (Lipinski definition) is 1. The molecule has 1 amide bonds. The first-order chi connectivity index (χ1) is 6.55. The molecule has 5 heteroatoms. The highest BCUT2D eigenvalue weighted by atomic mass is 19.4. The maximum Gasteiger partial charge on any atom is 0.471 e. The number of nitrogens with one attached hydrogen (secondary N) is 1. The number of hydrogen-bond acceptors (Lipinski definition) is 1. The molecule has 0 fully saturated rings. The van der Waals surface area contributed by atoms with Crippen molar-refractivity contribution >= 4 is 5.91 Å². The van der Waals surface area contributed by atoms with Crippen LogP contribution in [0.5, 0.6) is 0 Å². The van der Waals surface area contributed by atoms with E-state index in [0.29, 0.717) is 0 Å². The first-order valence-corrected chi connectivity index (χ1v) is 4.93. The van der Waals surface area contributed by atoms with Crippen LogP contribution in [-0.4, -0.2) is 18.1 Å². The number of carbonyl (C=O) groups excluding carboxylic acids is 1. The number of alkyl halides is 3. The fourth-order valence-electron chi connectivity index (χ4n) is 0.495. The Morgan fingerprint density at radius 1 is 1.13 bits per heavy atom. The van der Waals surface area contributed by atoms with Gasteiger partial charge in [0.1, 0.15) is 0 Å². The van der Waals surface area contributed by atoms with Crippen LogP contribution < -0.4 is 5.32 Å². The molecule has 0 aromatic heterocycles. The Balaban J connectivity index is 0. The van der Waals surface area contributed by atoms with Crippen molar-refractivity contribution in [1.82, 2.24) is 5.32 Å². The van der Waals surface area contributed by atoms with Crippen LogP contribution in [-0.2, 0) is 4.79 Å². The quantitative estimate of drug-likeness (QED) is 0.732. The first kappa shape index (κ1) is 16.7. The topological polar surface area (TPSA) is 29.1 Å². The van der Waals surface area contributed by atoms with Crippen molar-refractivity contribution < 1.29 is 18.0 Å². The van der Waals surface area contributed by atoms with Crippen molar-refractivity contribution in [3.63, 3.8) is 0 Å². The molecular weight excluding hydrogens is 207 g/mol. The largest absolute Gasteiger partial charge is 0.471 e. The zero-order valence-corrected chi connectivity index (χ0v) is 10.1. The molecule has 0 saturated carbocycles. The van der Waals surface area contributed by atoms with Crippen LogP contribution in [0.3, 0.4) is 0 Å². The Labute approximate surface area is 89.2 Å². The lowest BCUT2D eigenvalue weighted by Crippen LogP contribution is -2.47. The summed E-state index contributed by atoms with van der Waals surface area (Å²) in [6.45, 7) is 10.8. The minimum atomic E-state index is -4.79. The Kier molecular flexibility index (Phi) is 6.65. The van der Waals surface area contributed by atoms with Crippen molar-refractivity contribution in [2.24, 2.45) is 5.41 Å². The highest BCUT2D eigenvalue weighted by Crippen LogP contribution is 2.21. The van der Waals surface area contributed by atoms with E-state index >= 15 is 0 Å². The van der Waals surface area contributed by atoms with Crippen LogP contribution in [0, 0.1) is 5.41 Å². The van der Waals surface area contributed by atoms with Gasteiger partial charge in [0.15, 0.2) is 0 Å². The number of carbonyl (C=O) groups is 1. The van der Waals surface area contributed by atoms with E-state index in [2.05, 4.69) is 0 Å². The van der Waals surface area contributed by atoms with Gasteiger partial charge in [-0.2, -0.15) is 13.2 Å². The second-order valence-electron chi connectivity index (χ2n) is 4.06. The van der Waals surface area contributed by atoms with Crippen molar-refractivity contribution in [1.29, 1.82) is 0 Å².